The van der Waals surface area contributed by atoms with Crippen LogP contribution in [0.1, 0.15) is 41.5 Å². The van der Waals surface area contributed by atoms with Gasteiger partial charge in [0.15, 0.2) is 0 Å². The summed E-state index contributed by atoms with van der Waals surface area (Å²) in [6.45, 7) is 7.09. The van der Waals surface area contributed by atoms with Gasteiger partial charge in [-0.15, -0.1) is 10.2 Å². The minimum atomic E-state index is -0.313. The lowest BCUT2D eigenvalue weighted by Crippen LogP contribution is -2.19. The second kappa shape index (κ2) is 11.8. The van der Waals surface area contributed by atoms with Gasteiger partial charge in [-0.1, -0.05) is 53.2 Å². The lowest BCUT2D eigenvalue weighted by Gasteiger charge is -2.15. The maximum atomic E-state index is 12.0. The minimum absolute atomic E-state index is 0.0582. The number of halogens is 1. The molecule has 0 unspecified atom stereocenters. The van der Waals surface area contributed by atoms with E-state index in [1.165, 1.54) is 23.1 Å². The van der Waals surface area contributed by atoms with Gasteiger partial charge in [-0.3, -0.25) is 4.79 Å². The SMILES string of the molecule is Cc1ccc(C(C)C)c(OCCOc2ccc(Br)cc2/C=N\NC(=O)Cc2nnc(N)s2)c1. The largest absolute Gasteiger partial charge is 0.490 e. The molecule has 0 saturated carbocycles. The van der Waals surface area contributed by atoms with Crippen LogP contribution in [0.15, 0.2) is 46.0 Å². The van der Waals surface area contributed by atoms with Crippen molar-refractivity contribution in [3.8, 4) is 11.5 Å². The molecule has 0 atom stereocenters. The summed E-state index contributed by atoms with van der Waals surface area (Å²) in [7, 11) is 0. The summed E-state index contributed by atoms with van der Waals surface area (Å²) in [6, 6.07) is 11.8. The first-order valence-corrected chi connectivity index (χ1v) is 12.0. The zero-order valence-corrected chi connectivity index (χ0v) is 21.1. The summed E-state index contributed by atoms with van der Waals surface area (Å²) in [4.78, 5) is 12.0. The van der Waals surface area contributed by atoms with E-state index in [4.69, 9.17) is 15.2 Å². The molecular weight excluding hydrogens is 506 g/mol. The molecule has 0 saturated heterocycles. The molecule has 0 radical (unpaired) electrons. The Kier molecular flexibility index (Phi) is 8.79. The second-order valence-corrected chi connectivity index (χ2v) is 9.59. The number of nitrogen functional groups attached to an aromatic ring is 1. The number of carbonyl (C=O) groups is 1. The summed E-state index contributed by atoms with van der Waals surface area (Å²) in [5, 5.41) is 12.4. The molecule has 0 fully saturated rings. The average molecular weight is 532 g/mol. The number of anilines is 1. The number of aromatic nitrogens is 2. The van der Waals surface area contributed by atoms with E-state index >= 15 is 0 Å². The third-order valence-corrected chi connectivity index (χ3v) is 5.79. The van der Waals surface area contributed by atoms with Crippen molar-refractivity contribution in [2.75, 3.05) is 18.9 Å². The van der Waals surface area contributed by atoms with E-state index in [-0.39, 0.29) is 12.3 Å². The topological polar surface area (TPSA) is 112 Å². The molecule has 174 valence electrons. The van der Waals surface area contributed by atoms with Crippen LogP contribution in [-0.4, -0.2) is 35.5 Å². The first-order chi connectivity index (χ1) is 15.8. The van der Waals surface area contributed by atoms with Crippen LogP contribution in [0.2, 0.25) is 0 Å². The molecule has 1 aromatic heterocycles. The van der Waals surface area contributed by atoms with Crippen LogP contribution in [0.25, 0.3) is 0 Å². The summed E-state index contributed by atoms with van der Waals surface area (Å²) < 4.78 is 12.8. The van der Waals surface area contributed by atoms with E-state index in [9.17, 15) is 4.79 Å². The number of aryl methyl sites for hydroxylation is 1. The number of carbonyl (C=O) groups excluding carboxylic acids is 1. The van der Waals surface area contributed by atoms with Crippen molar-refractivity contribution in [3.63, 3.8) is 0 Å². The monoisotopic (exact) mass is 531 g/mol. The second-order valence-electron chi connectivity index (χ2n) is 7.58. The van der Waals surface area contributed by atoms with Crippen molar-refractivity contribution in [2.45, 2.75) is 33.1 Å². The Hall–Kier alpha value is -2.98. The van der Waals surface area contributed by atoms with Gasteiger partial charge >= 0.3 is 0 Å². The maximum Gasteiger partial charge on any atom is 0.247 e. The first-order valence-electron chi connectivity index (χ1n) is 10.4. The van der Waals surface area contributed by atoms with Crippen molar-refractivity contribution < 1.29 is 14.3 Å². The Morgan fingerprint density at radius 2 is 1.94 bits per heavy atom. The Balaban J connectivity index is 1.56. The number of hydrogen-bond donors (Lipinski definition) is 2. The Labute approximate surface area is 205 Å². The molecular formula is C23H26BrN5O3S. The highest BCUT2D eigenvalue weighted by molar-refractivity contribution is 9.10. The molecule has 3 aromatic rings. The number of benzene rings is 2. The van der Waals surface area contributed by atoms with Gasteiger partial charge < -0.3 is 15.2 Å². The first kappa shape index (κ1) is 24.7. The standard InChI is InChI=1S/C23H26BrN5O3S/c1-14(2)18-6-4-15(3)10-20(18)32-9-8-31-19-7-5-17(24)11-16(19)13-26-27-21(30)12-22-28-29-23(25)33-22/h4-7,10-11,13-14H,8-9,12H2,1-3H3,(H2,25,29)(H,27,30)/b26-13-. The quantitative estimate of drug-likeness (QED) is 0.227. The molecule has 10 heteroatoms. The number of amides is 1. The molecule has 2 aromatic carbocycles. The van der Waals surface area contributed by atoms with Crippen molar-refractivity contribution >= 4 is 44.5 Å². The predicted molar refractivity (Wildman–Crippen MR) is 134 cm³/mol. The van der Waals surface area contributed by atoms with Gasteiger partial charge in [0.05, 0.1) is 12.6 Å². The third-order valence-electron chi connectivity index (χ3n) is 4.55. The van der Waals surface area contributed by atoms with Gasteiger partial charge in [0.1, 0.15) is 29.7 Å². The number of hydrazone groups is 1. The van der Waals surface area contributed by atoms with Gasteiger partial charge in [-0.2, -0.15) is 5.10 Å². The van der Waals surface area contributed by atoms with E-state index in [0.29, 0.717) is 40.6 Å². The number of hydrogen-bond acceptors (Lipinski definition) is 8. The van der Waals surface area contributed by atoms with Crippen molar-refractivity contribution in [2.24, 2.45) is 5.10 Å². The lowest BCUT2D eigenvalue weighted by molar-refractivity contribution is -0.120. The fourth-order valence-corrected chi connectivity index (χ4v) is 3.97. The summed E-state index contributed by atoms with van der Waals surface area (Å²) >= 11 is 4.62. The molecule has 8 nitrogen and oxygen atoms in total. The smallest absolute Gasteiger partial charge is 0.247 e. The summed E-state index contributed by atoms with van der Waals surface area (Å²) in [5.41, 5.74) is 11.0. The van der Waals surface area contributed by atoms with E-state index in [2.05, 4.69) is 62.6 Å². The Morgan fingerprint density at radius 3 is 2.64 bits per heavy atom. The van der Waals surface area contributed by atoms with Crippen LogP contribution in [0.3, 0.4) is 0 Å². The van der Waals surface area contributed by atoms with E-state index in [0.717, 1.165) is 15.8 Å². The zero-order chi connectivity index (χ0) is 23.8. The van der Waals surface area contributed by atoms with Crippen LogP contribution >= 0.6 is 27.3 Å². The van der Waals surface area contributed by atoms with E-state index in [1.807, 2.05) is 31.2 Å². The van der Waals surface area contributed by atoms with Crippen LogP contribution in [-0.2, 0) is 11.2 Å². The van der Waals surface area contributed by atoms with Crippen LogP contribution in [0.5, 0.6) is 11.5 Å². The van der Waals surface area contributed by atoms with Gasteiger partial charge in [0.2, 0.25) is 11.0 Å². The molecule has 0 aliphatic heterocycles. The molecule has 1 amide bonds. The number of ether oxygens (including phenoxy) is 2. The number of nitrogens with two attached hydrogens (primary N) is 1. The van der Waals surface area contributed by atoms with Crippen molar-refractivity contribution in [3.05, 3.63) is 62.6 Å². The van der Waals surface area contributed by atoms with Crippen LogP contribution in [0.4, 0.5) is 5.13 Å². The molecule has 0 aliphatic carbocycles. The normalized spacial score (nSPS) is 11.2. The summed E-state index contributed by atoms with van der Waals surface area (Å²) in [6.07, 6.45) is 1.59. The van der Waals surface area contributed by atoms with Gasteiger partial charge in [0.25, 0.3) is 0 Å². The number of nitrogens with zero attached hydrogens (tertiary/aromatic N) is 3. The van der Waals surface area contributed by atoms with E-state index in [1.54, 1.807) is 0 Å². The number of rotatable bonds is 10. The highest BCUT2D eigenvalue weighted by Gasteiger charge is 2.10. The summed E-state index contributed by atoms with van der Waals surface area (Å²) in [5.74, 6) is 1.57. The zero-order valence-electron chi connectivity index (χ0n) is 18.7. The van der Waals surface area contributed by atoms with Gasteiger partial charge in [-0.05, 0) is 48.2 Å². The highest BCUT2D eigenvalue weighted by atomic mass is 79.9. The molecule has 0 spiro atoms. The fraction of sp³-hybridized carbons (Fsp3) is 0.304. The maximum absolute atomic E-state index is 12.0. The van der Waals surface area contributed by atoms with Crippen LogP contribution in [0, 0.1) is 6.92 Å². The minimum Gasteiger partial charge on any atom is -0.490 e. The molecule has 0 bridgehead atoms. The average Bonchev–Trinajstić information content (AvgIpc) is 3.16. The van der Waals surface area contributed by atoms with Crippen molar-refractivity contribution in [1.29, 1.82) is 0 Å². The molecule has 1 heterocycles. The molecule has 3 N–H and O–H groups in total. The van der Waals surface area contributed by atoms with Crippen LogP contribution < -0.4 is 20.6 Å². The molecule has 33 heavy (non-hydrogen) atoms. The molecule has 3 rings (SSSR count). The van der Waals surface area contributed by atoms with E-state index < -0.39 is 0 Å². The third kappa shape index (κ3) is 7.54. The highest BCUT2D eigenvalue weighted by Crippen LogP contribution is 2.27. The molecule has 0 aliphatic rings. The fourth-order valence-electron chi connectivity index (χ4n) is 2.99. The Morgan fingerprint density at radius 1 is 1.18 bits per heavy atom. The van der Waals surface area contributed by atoms with Crippen molar-refractivity contribution in [1.82, 2.24) is 15.6 Å². The predicted octanol–water partition coefficient (Wildman–Crippen LogP) is 4.47. The number of nitrogens with one attached hydrogen (secondary N) is 1. The van der Waals surface area contributed by atoms with Gasteiger partial charge in [0, 0.05) is 10.0 Å². The lowest BCUT2D eigenvalue weighted by atomic mass is 10.0. The Bertz CT molecular complexity index is 1130. The van der Waals surface area contributed by atoms with Gasteiger partial charge in [-0.25, -0.2) is 5.43 Å².